The molecule has 1 aliphatic heterocycles. The Morgan fingerprint density at radius 3 is 2.19 bits per heavy atom. The first-order valence-electron chi connectivity index (χ1n) is 10.4. The van der Waals surface area contributed by atoms with Gasteiger partial charge in [-0.3, -0.25) is 9.59 Å². The number of halogens is 1. The van der Waals surface area contributed by atoms with E-state index in [0.29, 0.717) is 24.5 Å². The van der Waals surface area contributed by atoms with E-state index >= 15 is 0 Å². The number of carbonyl (C=O) groups is 2. The molecule has 1 aliphatic rings. The Bertz CT molecular complexity index is 1060. The molecule has 4 rings (SSSR count). The molecule has 0 unspecified atom stereocenters. The summed E-state index contributed by atoms with van der Waals surface area (Å²) in [6.45, 7) is 0.672. The smallest absolute Gasteiger partial charge is 0.308 e. The number of rotatable bonds is 8. The summed E-state index contributed by atoms with van der Waals surface area (Å²) in [5.41, 5.74) is 3.22. The number of hydrogen-bond donors (Lipinski definition) is 1. The summed E-state index contributed by atoms with van der Waals surface area (Å²) >= 11 is 7.59. The number of anilines is 2. The fourth-order valence-electron chi connectivity index (χ4n) is 3.49. The van der Waals surface area contributed by atoms with Crippen molar-refractivity contribution >= 4 is 46.6 Å². The Kier molecular flexibility index (Phi) is 7.35. The summed E-state index contributed by atoms with van der Waals surface area (Å²) < 4.78 is 5.19. The average Bonchev–Trinajstić information content (AvgIpc) is 2.81. The zero-order chi connectivity index (χ0) is 22.3. The number of esters is 1. The van der Waals surface area contributed by atoms with Crippen molar-refractivity contribution < 1.29 is 14.3 Å². The van der Waals surface area contributed by atoms with Crippen LogP contribution in [-0.2, 0) is 20.7 Å². The number of fused-ring (bicyclic) bond motifs is 2. The molecule has 1 N–H and O–H groups in total. The first-order chi connectivity index (χ1) is 15.6. The van der Waals surface area contributed by atoms with E-state index in [4.69, 9.17) is 16.3 Å². The molecule has 3 aromatic rings. The third-order valence-electron chi connectivity index (χ3n) is 5.08. The molecule has 32 heavy (non-hydrogen) atoms. The van der Waals surface area contributed by atoms with E-state index in [0.717, 1.165) is 26.7 Å². The molecular formula is C25H23ClN2O3S. The molecule has 0 aromatic heterocycles. The highest BCUT2D eigenvalue weighted by Crippen LogP contribution is 2.47. The number of benzene rings is 3. The lowest BCUT2D eigenvalue weighted by atomic mass is 10.1. The van der Waals surface area contributed by atoms with Gasteiger partial charge in [-0.25, -0.2) is 0 Å². The number of carbonyl (C=O) groups excluding carboxylic acids is 2. The maximum absolute atomic E-state index is 12.3. The van der Waals surface area contributed by atoms with Crippen LogP contribution in [0.5, 0.6) is 0 Å². The SMILES string of the molecule is O=C(COC(=O)CCN1c2ccccc2Sc2ccccc21)NCCc1ccc(Cl)cc1. The molecule has 0 bridgehead atoms. The highest BCUT2D eigenvalue weighted by molar-refractivity contribution is 7.99. The molecule has 0 atom stereocenters. The molecule has 3 aromatic carbocycles. The van der Waals surface area contributed by atoms with Gasteiger partial charge < -0.3 is 15.0 Å². The van der Waals surface area contributed by atoms with Gasteiger partial charge in [0.05, 0.1) is 17.8 Å². The lowest BCUT2D eigenvalue weighted by molar-refractivity contribution is -0.148. The highest BCUT2D eigenvalue weighted by atomic mass is 35.5. The summed E-state index contributed by atoms with van der Waals surface area (Å²) in [7, 11) is 0. The predicted molar refractivity (Wildman–Crippen MR) is 128 cm³/mol. The topological polar surface area (TPSA) is 58.6 Å². The van der Waals surface area contributed by atoms with Gasteiger partial charge in [-0.15, -0.1) is 0 Å². The zero-order valence-corrected chi connectivity index (χ0v) is 19.0. The third-order valence-corrected chi connectivity index (χ3v) is 6.47. The van der Waals surface area contributed by atoms with Crippen molar-refractivity contribution in [2.75, 3.05) is 24.6 Å². The molecule has 0 spiro atoms. The summed E-state index contributed by atoms with van der Waals surface area (Å²) in [4.78, 5) is 28.7. The van der Waals surface area contributed by atoms with Gasteiger partial charge in [0.1, 0.15) is 0 Å². The summed E-state index contributed by atoms with van der Waals surface area (Å²) in [5, 5.41) is 3.45. The van der Waals surface area contributed by atoms with Crippen molar-refractivity contribution in [3.63, 3.8) is 0 Å². The maximum Gasteiger partial charge on any atom is 0.308 e. The number of amides is 1. The van der Waals surface area contributed by atoms with E-state index in [-0.39, 0.29) is 18.9 Å². The van der Waals surface area contributed by atoms with E-state index in [9.17, 15) is 9.59 Å². The van der Waals surface area contributed by atoms with Crippen LogP contribution in [0.15, 0.2) is 82.6 Å². The van der Waals surface area contributed by atoms with Gasteiger partial charge in [-0.1, -0.05) is 59.8 Å². The minimum atomic E-state index is -0.397. The molecule has 164 valence electrons. The van der Waals surface area contributed by atoms with E-state index in [1.165, 1.54) is 0 Å². The Morgan fingerprint density at radius 2 is 1.53 bits per heavy atom. The van der Waals surface area contributed by atoms with Crippen LogP contribution in [0.3, 0.4) is 0 Å². The van der Waals surface area contributed by atoms with Gasteiger partial charge in [0.2, 0.25) is 0 Å². The second-order valence-corrected chi connectivity index (χ2v) is 8.85. The van der Waals surface area contributed by atoms with Crippen LogP contribution in [0.1, 0.15) is 12.0 Å². The molecule has 0 radical (unpaired) electrons. The normalized spacial score (nSPS) is 12.0. The van der Waals surface area contributed by atoms with Gasteiger partial charge in [-0.05, 0) is 48.4 Å². The second-order valence-electron chi connectivity index (χ2n) is 7.33. The lowest BCUT2D eigenvalue weighted by Gasteiger charge is -2.32. The Labute approximate surface area is 196 Å². The first-order valence-corrected chi connectivity index (χ1v) is 11.6. The molecule has 0 aliphatic carbocycles. The standard InChI is InChI=1S/C25H23ClN2O3S/c26-19-11-9-18(10-12-19)13-15-27-24(29)17-31-25(30)14-16-28-20-5-1-3-7-22(20)32-23-8-4-2-6-21(23)28/h1-12H,13-17H2,(H,27,29). The lowest BCUT2D eigenvalue weighted by Crippen LogP contribution is -2.31. The fourth-order valence-corrected chi connectivity index (χ4v) is 4.71. The largest absolute Gasteiger partial charge is 0.456 e. The second kappa shape index (κ2) is 10.6. The Morgan fingerprint density at radius 1 is 0.906 bits per heavy atom. The molecule has 0 fully saturated rings. The third kappa shape index (κ3) is 5.64. The van der Waals surface area contributed by atoms with Crippen molar-refractivity contribution in [1.29, 1.82) is 0 Å². The monoisotopic (exact) mass is 466 g/mol. The average molecular weight is 467 g/mol. The molecule has 0 saturated heterocycles. The van der Waals surface area contributed by atoms with Crippen molar-refractivity contribution in [3.8, 4) is 0 Å². The summed E-state index contributed by atoms with van der Waals surface area (Å²) in [6, 6.07) is 23.8. The van der Waals surface area contributed by atoms with Gasteiger partial charge in [0.25, 0.3) is 5.91 Å². The quantitative estimate of drug-likeness (QED) is 0.460. The van der Waals surface area contributed by atoms with Crippen LogP contribution in [0.2, 0.25) is 5.02 Å². The van der Waals surface area contributed by atoms with E-state index in [1.54, 1.807) is 11.8 Å². The molecular weight excluding hydrogens is 444 g/mol. The van der Waals surface area contributed by atoms with Crippen LogP contribution in [0.4, 0.5) is 11.4 Å². The number of nitrogens with one attached hydrogen (secondary N) is 1. The fraction of sp³-hybridized carbons (Fsp3) is 0.200. The van der Waals surface area contributed by atoms with Gasteiger partial charge in [0, 0.05) is 27.9 Å². The van der Waals surface area contributed by atoms with Crippen molar-refractivity contribution in [2.45, 2.75) is 22.6 Å². The van der Waals surface area contributed by atoms with Crippen molar-refractivity contribution in [2.24, 2.45) is 0 Å². The first kappa shape index (κ1) is 22.2. The minimum absolute atomic E-state index is 0.186. The molecule has 0 saturated carbocycles. The van der Waals surface area contributed by atoms with Crippen molar-refractivity contribution in [1.82, 2.24) is 5.32 Å². The summed E-state index contributed by atoms with van der Waals surface area (Å²) in [6.07, 6.45) is 0.869. The predicted octanol–water partition coefficient (Wildman–Crippen LogP) is 5.23. The van der Waals surface area contributed by atoms with E-state index in [2.05, 4.69) is 34.5 Å². The number of ether oxygens (including phenoxy) is 1. The zero-order valence-electron chi connectivity index (χ0n) is 17.4. The number of nitrogens with zero attached hydrogens (tertiary/aromatic N) is 1. The van der Waals surface area contributed by atoms with Crippen LogP contribution in [-0.4, -0.2) is 31.6 Å². The van der Waals surface area contributed by atoms with Crippen LogP contribution >= 0.6 is 23.4 Å². The van der Waals surface area contributed by atoms with Crippen molar-refractivity contribution in [3.05, 3.63) is 83.4 Å². The molecule has 1 heterocycles. The van der Waals surface area contributed by atoms with E-state index in [1.807, 2.05) is 48.5 Å². The minimum Gasteiger partial charge on any atom is -0.456 e. The Balaban J connectivity index is 1.25. The number of hydrogen-bond acceptors (Lipinski definition) is 5. The van der Waals surface area contributed by atoms with E-state index < -0.39 is 5.97 Å². The molecule has 1 amide bonds. The van der Waals surface area contributed by atoms with Crippen LogP contribution < -0.4 is 10.2 Å². The van der Waals surface area contributed by atoms with Crippen LogP contribution in [0, 0.1) is 0 Å². The summed E-state index contributed by atoms with van der Waals surface area (Å²) in [5.74, 6) is -0.705. The van der Waals surface area contributed by atoms with Gasteiger partial charge >= 0.3 is 5.97 Å². The van der Waals surface area contributed by atoms with Crippen LogP contribution in [0.25, 0.3) is 0 Å². The number of para-hydroxylation sites is 2. The highest BCUT2D eigenvalue weighted by Gasteiger charge is 2.23. The molecule has 5 nitrogen and oxygen atoms in total. The van der Waals surface area contributed by atoms with Gasteiger partial charge in [-0.2, -0.15) is 0 Å². The van der Waals surface area contributed by atoms with Gasteiger partial charge in [0.15, 0.2) is 6.61 Å². The maximum atomic E-state index is 12.3. The molecule has 7 heteroatoms. The Hall–Kier alpha value is -2.96.